The number of likely N-dealkylation sites (tertiary alicyclic amines) is 1. The number of nitrogens with zero attached hydrogens (tertiary/aromatic N) is 1. The predicted octanol–water partition coefficient (Wildman–Crippen LogP) is 0.755. The maximum absolute atomic E-state index is 7.00. The number of hydrogen-bond acceptors (Lipinski definition) is 1. The molecule has 1 fully saturated rings. The van der Waals surface area contributed by atoms with Crippen molar-refractivity contribution in [2.24, 2.45) is 0 Å². The van der Waals surface area contributed by atoms with Gasteiger partial charge in [-0.25, -0.2) is 0 Å². The van der Waals surface area contributed by atoms with Gasteiger partial charge in [-0.3, -0.25) is 5.73 Å². The summed E-state index contributed by atoms with van der Waals surface area (Å²) >= 11 is 0. The fourth-order valence-electron chi connectivity index (χ4n) is 1.34. The molecule has 0 saturated carbocycles. The van der Waals surface area contributed by atoms with E-state index in [-0.39, 0.29) is 0 Å². The van der Waals surface area contributed by atoms with E-state index < -0.39 is 0 Å². The van der Waals surface area contributed by atoms with E-state index in [4.69, 9.17) is 5.73 Å². The molecule has 0 aromatic heterocycles. The Hall–Kier alpha value is -0.0800. The molecule has 0 spiro atoms. The van der Waals surface area contributed by atoms with Gasteiger partial charge in [0.05, 0.1) is 0 Å². The lowest BCUT2D eigenvalue weighted by molar-refractivity contribution is 0.234. The molecule has 0 atom stereocenters. The highest BCUT2D eigenvalue weighted by molar-refractivity contribution is 4.63. The van der Waals surface area contributed by atoms with Crippen LogP contribution in [0.4, 0.5) is 0 Å². The largest absolute Gasteiger partial charge is 0.302 e. The summed E-state index contributed by atoms with van der Waals surface area (Å²) in [6, 6.07) is 0. The lowest BCUT2D eigenvalue weighted by Crippen LogP contribution is -2.32. The van der Waals surface area contributed by atoms with Gasteiger partial charge in [-0.1, -0.05) is 6.42 Å². The van der Waals surface area contributed by atoms with Gasteiger partial charge in [0, 0.05) is 13.1 Å². The fraction of sp³-hybridized carbons (Fsp3) is 1.00. The first-order chi connectivity index (χ1) is 4.43. The van der Waals surface area contributed by atoms with E-state index in [2.05, 4.69) is 4.90 Å². The van der Waals surface area contributed by atoms with Crippen LogP contribution in [0.25, 0.3) is 0 Å². The summed E-state index contributed by atoms with van der Waals surface area (Å²) in [6.07, 6.45) is 4.09. The first-order valence-electron chi connectivity index (χ1n) is 3.80. The topological polar surface area (TPSA) is 27.0 Å². The van der Waals surface area contributed by atoms with Gasteiger partial charge in [0.25, 0.3) is 0 Å². The fourth-order valence-corrected chi connectivity index (χ4v) is 1.34. The summed E-state index contributed by atoms with van der Waals surface area (Å²) < 4.78 is 0. The van der Waals surface area contributed by atoms with Gasteiger partial charge < -0.3 is 4.90 Å². The van der Waals surface area contributed by atoms with Crippen LogP contribution in [0, 0.1) is 0 Å². The summed E-state index contributed by atoms with van der Waals surface area (Å²) in [5.41, 5.74) is 7.00. The predicted molar refractivity (Wildman–Crippen MR) is 38.3 cm³/mol. The lowest BCUT2D eigenvalue weighted by Gasteiger charge is -2.25. The molecule has 1 radical (unpaired) electrons. The minimum absolute atomic E-state index is 0.569. The average Bonchev–Trinajstić information content (AvgIpc) is 1.91. The Morgan fingerprint density at radius 2 is 1.78 bits per heavy atom. The molecule has 1 rings (SSSR count). The normalized spacial score (nSPS) is 22.3. The smallest absolute Gasteiger partial charge is 0.0228 e. The molecule has 1 heterocycles. The molecule has 2 heteroatoms. The molecular formula is C7H15N2. The number of nitrogens with one attached hydrogen (secondary N) is 1. The van der Waals surface area contributed by atoms with Gasteiger partial charge in [0.15, 0.2) is 0 Å². The van der Waals surface area contributed by atoms with E-state index in [1.165, 1.54) is 32.4 Å². The van der Waals surface area contributed by atoms with Crippen molar-refractivity contribution in [3.8, 4) is 0 Å². The second-order valence-electron chi connectivity index (χ2n) is 2.65. The van der Waals surface area contributed by atoms with Crippen LogP contribution in [0.15, 0.2) is 0 Å². The highest BCUT2D eigenvalue weighted by atomic mass is 15.1. The van der Waals surface area contributed by atoms with E-state index in [9.17, 15) is 0 Å². The third kappa shape index (κ3) is 2.33. The zero-order valence-electron chi connectivity index (χ0n) is 5.90. The molecule has 53 valence electrons. The third-order valence-electron chi connectivity index (χ3n) is 1.88. The molecule has 0 aromatic rings. The van der Waals surface area contributed by atoms with Crippen molar-refractivity contribution in [1.82, 2.24) is 10.6 Å². The molecule has 0 unspecified atom stereocenters. The second kappa shape index (κ2) is 3.85. The Bertz CT molecular complexity index is 64.6. The van der Waals surface area contributed by atoms with Crippen molar-refractivity contribution >= 4 is 0 Å². The van der Waals surface area contributed by atoms with Crippen LogP contribution in [0.3, 0.4) is 0 Å². The third-order valence-corrected chi connectivity index (χ3v) is 1.88. The summed E-state index contributed by atoms with van der Waals surface area (Å²) in [5, 5.41) is 0. The molecule has 1 aliphatic heterocycles. The Kier molecular flexibility index (Phi) is 3.01. The van der Waals surface area contributed by atoms with Crippen molar-refractivity contribution in [2.75, 3.05) is 26.2 Å². The maximum atomic E-state index is 7.00. The van der Waals surface area contributed by atoms with Gasteiger partial charge in [-0.05, 0) is 25.9 Å². The molecule has 0 bridgehead atoms. The van der Waals surface area contributed by atoms with Crippen molar-refractivity contribution < 1.29 is 0 Å². The van der Waals surface area contributed by atoms with Crippen molar-refractivity contribution in [2.45, 2.75) is 19.3 Å². The van der Waals surface area contributed by atoms with Crippen LogP contribution in [0.2, 0.25) is 0 Å². The van der Waals surface area contributed by atoms with E-state index in [0.717, 1.165) is 6.54 Å². The first-order valence-corrected chi connectivity index (χ1v) is 3.80. The van der Waals surface area contributed by atoms with Crippen LogP contribution < -0.4 is 5.73 Å². The standard InChI is InChI=1S/C7H15N2/c8-4-7-9-5-2-1-3-6-9/h8H,1-7H2. The zero-order valence-corrected chi connectivity index (χ0v) is 5.90. The second-order valence-corrected chi connectivity index (χ2v) is 2.65. The minimum Gasteiger partial charge on any atom is -0.302 e. The zero-order chi connectivity index (χ0) is 6.53. The lowest BCUT2D eigenvalue weighted by atomic mass is 10.1. The van der Waals surface area contributed by atoms with Crippen LogP contribution in [0.5, 0.6) is 0 Å². The summed E-state index contributed by atoms with van der Waals surface area (Å²) in [6.45, 7) is 4.03. The number of hydrogen-bond donors (Lipinski definition) is 0. The quantitative estimate of drug-likeness (QED) is 0.538. The van der Waals surface area contributed by atoms with Crippen LogP contribution in [-0.2, 0) is 0 Å². The highest BCUT2D eigenvalue weighted by Gasteiger charge is 2.07. The Balaban J connectivity index is 2.08. The van der Waals surface area contributed by atoms with E-state index in [1.807, 2.05) is 0 Å². The van der Waals surface area contributed by atoms with E-state index >= 15 is 0 Å². The monoisotopic (exact) mass is 127 g/mol. The average molecular weight is 127 g/mol. The number of rotatable bonds is 2. The molecule has 9 heavy (non-hydrogen) atoms. The van der Waals surface area contributed by atoms with E-state index in [1.54, 1.807) is 0 Å². The molecule has 1 saturated heterocycles. The Morgan fingerprint density at radius 1 is 1.11 bits per heavy atom. The maximum Gasteiger partial charge on any atom is 0.0228 e. The summed E-state index contributed by atoms with van der Waals surface area (Å²) in [5.74, 6) is 0. The van der Waals surface area contributed by atoms with Gasteiger partial charge >= 0.3 is 0 Å². The van der Waals surface area contributed by atoms with Crippen LogP contribution in [0.1, 0.15) is 19.3 Å². The van der Waals surface area contributed by atoms with Gasteiger partial charge in [-0.15, -0.1) is 0 Å². The SMILES string of the molecule is [NH]CCN1CCCCC1. The first kappa shape index (κ1) is 7.03. The van der Waals surface area contributed by atoms with Crippen LogP contribution >= 0.6 is 0 Å². The molecule has 1 aliphatic rings. The Labute approximate surface area is 57.0 Å². The van der Waals surface area contributed by atoms with Gasteiger partial charge in [0.2, 0.25) is 0 Å². The number of piperidine rings is 1. The van der Waals surface area contributed by atoms with Gasteiger partial charge in [-0.2, -0.15) is 0 Å². The highest BCUT2D eigenvalue weighted by Crippen LogP contribution is 2.06. The van der Waals surface area contributed by atoms with Gasteiger partial charge in [0.1, 0.15) is 0 Å². The van der Waals surface area contributed by atoms with E-state index in [0.29, 0.717) is 6.54 Å². The summed E-state index contributed by atoms with van der Waals surface area (Å²) in [4.78, 5) is 2.39. The van der Waals surface area contributed by atoms with Crippen molar-refractivity contribution in [3.63, 3.8) is 0 Å². The minimum atomic E-state index is 0.569. The Morgan fingerprint density at radius 3 is 2.33 bits per heavy atom. The van der Waals surface area contributed by atoms with Crippen molar-refractivity contribution in [3.05, 3.63) is 0 Å². The molecule has 0 aliphatic carbocycles. The molecule has 2 nitrogen and oxygen atoms in total. The molecule has 0 aromatic carbocycles. The van der Waals surface area contributed by atoms with Crippen LogP contribution in [-0.4, -0.2) is 31.1 Å². The summed E-state index contributed by atoms with van der Waals surface area (Å²) in [7, 11) is 0. The molecule has 0 amide bonds. The van der Waals surface area contributed by atoms with Crippen molar-refractivity contribution in [1.29, 1.82) is 0 Å². The molecule has 1 N–H and O–H groups in total. The molecular weight excluding hydrogens is 112 g/mol.